The fourth-order valence-corrected chi connectivity index (χ4v) is 5.28. The third kappa shape index (κ3) is 5.43. The first-order valence-corrected chi connectivity index (χ1v) is 12.9. The van der Waals surface area contributed by atoms with Crippen molar-refractivity contribution in [2.45, 2.75) is 38.6 Å². The van der Waals surface area contributed by atoms with Crippen molar-refractivity contribution in [1.82, 2.24) is 5.32 Å². The van der Waals surface area contributed by atoms with Crippen LogP contribution in [0.1, 0.15) is 35.2 Å². The maximum absolute atomic E-state index is 13.6. The van der Waals surface area contributed by atoms with Crippen molar-refractivity contribution in [2.24, 2.45) is 0 Å². The number of amides is 1. The first kappa shape index (κ1) is 24.6. The molecule has 0 saturated heterocycles. The normalized spacial score (nSPS) is 13.7. The molecule has 7 nitrogen and oxygen atoms in total. The van der Waals surface area contributed by atoms with Gasteiger partial charge in [0.25, 0.3) is 10.0 Å². The number of carbonyl (C=O) groups excluding carboxylic acids is 1. The Balaban J connectivity index is 1.59. The summed E-state index contributed by atoms with van der Waals surface area (Å²) in [6, 6.07) is 17.2. The molecule has 1 N–H and O–H groups in total. The lowest BCUT2D eigenvalue weighted by atomic mass is 10.1. The highest BCUT2D eigenvalue weighted by atomic mass is 32.2. The minimum Gasteiger partial charge on any atom is -0.486 e. The SMILES string of the molecule is Cc1ccc(S(=O)(=O)N(CC(=O)NC(C)c2ccc3c(c2)OCCO3)c2ccc(C)c(C)c2)cc1. The van der Waals surface area contributed by atoms with Crippen molar-refractivity contribution in [3.8, 4) is 11.5 Å². The first-order chi connectivity index (χ1) is 16.6. The lowest BCUT2D eigenvalue weighted by Gasteiger charge is -2.26. The summed E-state index contributed by atoms with van der Waals surface area (Å²) in [5.41, 5.74) is 4.21. The Morgan fingerprint density at radius 2 is 1.60 bits per heavy atom. The van der Waals surface area contributed by atoms with Crippen molar-refractivity contribution in [1.29, 1.82) is 0 Å². The number of sulfonamides is 1. The Kier molecular flexibility index (Phi) is 7.03. The first-order valence-electron chi connectivity index (χ1n) is 11.5. The van der Waals surface area contributed by atoms with E-state index in [0.29, 0.717) is 30.4 Å². The third-order valence-corrected chi connectivity index (χ3v) is 7.91. The Morgan fingerprint density at radius 1 is 0.914 bits per heavy atom. The highest BCUT2D eigenvalue weighted by Gasteiger charge is 2.28. The summed E-state index contributed by atoms with van der Waals surface area (Å²) in [6.07, 6.45) is 0. The van der Waals surface area contributed by atoms with E-state index in [1.165, 1.54) is 0 Å². The molecular weight excluding hydrogens is 464 g/mol. The van der Waals surface area contributed by atoms with Gasteiger partial charge in [0.15, 0.2) is 11.5 Å². The largest absolute Gasteiger partial charge is 0.486 e. The molecule has 8 heteroatoms. The number of nitrogens with zero attached hydrogens (tertiary/aromatic N) is 1. The van der Waals surface area contributed by atoms with Crippen molar-refractivity contribution in [3.63, 3.8) is 0 Å². The van der Waals surface area contributed by atoms with Crippen molar-refractivity contribution < 1.29 is 22.7 Å². The summed E-state index contributed by atoms with van der Waals surface area (Å²) >= 11 is 0. The summed E-state index contributed by atoms with van der Waals surface area (Å²) < 4.78 is 39.6. The van der Waals surface area contributed by atoms with Crippen molar-refractivity contribution in [2.75, 3.05) is 24.1 Å². The third-order valence-electron chi connectivity index (χ3n) is 6.12. The van der Waals surface area contributed by atoms with E-state index in [-0.39, 0.29) is 17.5 Å². The molecule has 3 aromatic rings. The topological polar surface area (TPSA) is 84.9 Å². The lowest BCUT2D eigenvalue weighted by Crippen LogP contribution is -2.41. The summed E-state index contributed by atoms with van der Waals surface area (Å²) in [7, 11) is -3.97. The fraction of sp³-hybridized carbons (Fsp3) is 0.296. The van der Waals surface area contributed by atoms with E-state index >= 15 is 0 Å². The van der Waals surface area contributed by atoms with E-state index in [0.717, 1.165) is 26.6 Å². The van der Waals surface area contributed by atoms with Gasteiger partial charge in [-0.05, 0) is 80.8 Å². The number of carbonyl (C=O) groups is 1. The van der Waals surface area contributed by atoms with Gasteiger partial charge in [-0.3, -0.25) is 9.10 Å². The van der Waals surface area contributed by atoms with Crippen LogP contribution < -0.4 is 19.1 Å². The van der Waals surface area contributed by atoms with Crippen LogP contribution in [0.4, 0.5) is 5.69 Å². The molecule has 0 aromatic heterocycles. The molecule has 0 fully saturated rings. The fourth-order valence-electron chi connectivity index (χ4n) is 3.86. The number of hydrogen-bond acceptors (Lipinski definition) is 5. The zero-order valence-corrected chi connectivity index (χ0v) is 21.2. The van der Waals surface area contributed by atoms with Gasteiger partial charge in [0, 0.05) is 0 Å². The van der Waals surface area contributed by atoms with Gasteiger partial charge in [-0.15, -0.1) is 0 Å². The lowest BCUT2D eigenvalue weighted by molar-refractivity contribution is -0.120. The quantitative estimate of drug-likeness (QED) is 0.524. The van der Waals surface area contributed by atoms with Gasteiger partial charge in [-0.25, -0.2) is 8.42 Å². The van der Waals surface area contributed by atoms with Crippen LogP contribution in [0.2, 0.25) is 0 Å². The molecule has 0 saturated carbocycles. The maximum Gasteiger partial charge on any atom is 0.264 e. The predicted molar refractivity (Wildman–Crippen MR) is 136 cm³/mol. The van der Waals surface area contributed by atoms with Crippen molar-refractivity contribution in [3.05, 3.63) is 82.9 Å². The van der Waals surface area contributed by atoms with Crippen LogP contribution in [0.15, 0.2) is 65.6 Å². The Bertz CT molecular complexity index is 1340. The average Bonchev–Trinajstić information content (AvgIpc) is 2.84. The van der Waals surface area contributed by atoms with Gasteiger partial charge in [-0.2, -0.15) is 0 Å². The Morgan fingerprint density at radius 3 is 2.29 bits per heavy atom. The average molecular weight is 495 g/mol. The highest BCUT2D eigenvalue weighted by Crippen LogP contribution is 2.32. The Labute approximate surface area is 206 Å². The molecule has 1 aliphatic heterocycles. The van der Waals surface area contributed by atoms with E-state index in [1.54, 1.807) is 36.4 Å². The molecule has 0 bridgehead atoms. The van der Waals surface area contributed by atoms with E-state index in [1.807, 2.05) is 52.0 Å². The molecule has 1 aliphatic rings. The van der Waals surface area contributed by atoms with Crippen LogP contribution in [-0.2, 0) is 14.8 Å². The minimum absolute atomic E-state index is 0.133. The van der Waals surface area contributed by atoms with E-state index in [4.69, 9.17) is 9.47 Å². The van der Waals surface area contributed by atoms with Gasteiger partial charge in [0.2, 0.25) is 5.91 Å². The summed E-state index contributed by atoms with van der Waals surface area (Å²) in [6.45, 7) is 8.23. The van der Waals surface area contributed by atoms with E-state index in [9.17, 15) is 13.2 Å². The van der Waals surface area contributed by atoms with Gasteiger partial charge in [-0.1, -0.05) is 29.8 Å². The monoisotopic (exact) mass is 494 g/mol. The summed E-state index contributed by atoms with van der Waals surface area (Å²) in [5.74, 6) is 0.887. The van der Waals surface area contributed by atoms with Crippen LogP contribution >= 0.6 is 0 Å². The zero-order chi connectivity index (χ0) is 25.2. The van der Waals surface area contributed by atoms with Crippen LogP contribution in [0, 0.1) is 20.8 Å². The molecule has 1 heterocycles. The van der Waals surface area contributed by atoms with Gasteiger partial charge in [0.05, 0.1) is 16.6 Å². The molecular formula is C27H30N2O5S. The molecule has 3 aromatic carbocycles. The number of benzene rings is 3. The van der Waals surface area contributed by atoms with Crippen LogP contribution in [-0.4, -0.2) is 34.1 Å². The highest BCUT2D eigenvalue weighted by molar-refractivity contribution is 7.92. The molecule has 184 valence electrons. The molecule has 4 rings (SSSR count). The van der Waals surface area contributed by atoms with E-state index < -0.39 is 15.9 Å². The standard InChI is InChI=1S/C27H30N2O5S/c1-18-5-10-24(11-6-18)35(31,32)29(23-9-7-19(2)20(3)15-23)17-27(30)28-21(4)22-8-12-25-26(16-22)34-14-13-33-25/h5-12,15-16,21H,13-14,17H2,1-4H3,(H,28,30). The second-order valence-electron chi connectivity index (χ2n) is 8.79. The number of fused-ring (bicyclic) bond motifs is 1. The number of ether oxygens (including phenoxy) is 2. The number of anilines is 1. The molecule has 35 heavy (non-hydrogen) atoms. The van der Waals surface area contributed by atoms with Crippen molar-refractivity contribution >= 4 is 21.6 Å². The second kappa shape index (κ2) is 10.00. The van der Waals surface area contributed by atoms with Crippen LogP contribution in [0.25, 0.3) is 0 Å². The molecule has 1 unspecified atom stereocenters. The zero-order valence-electron chi connectivity index (χ0n) is 20.4. The molecule has 1 amide bonds. The predicted octanol–water partition coefficient (Wildman–Crippen LogP) is 4.46. The second-order valence-corrected chi connectivity index (χ2v) is 10.6. The van der Waals surface area contributed by atoms with Gasteiger partial charge < -0.3 is 14.8 Å². The summed E-state index contributed by atoms with van der Waals surface area (Å²) in [5, 5.41) is 2.92. The maximum atomic E-state index is 13.6. The number of hydrogen-bond donors (Lipinski definition) is 1. The van der Waals surface area contributed by atoms with Crippen LogP contribution in [0.3, 0.4) is 0 Å². The molecule has 1 atom stereocenters. The van der Waals surface area contributed by atoms with Crippen LogP contribution in [0.5, 0.6) is 11.5 Å². The summed E-state index contributed by atoms with van der Waals surface area (Å²) in [4.78, 5) is 13.2. The number of rotatable bonds is 7. The minimum atomic E-state index is -3.97. The number of aryl methyl sites for hydroxylation is 3. The smallest absolute Gasteiger partial charge is 0.264 e. The van der Waals surface area contributed by atoms with Gasteiger partial charge in [0.1, 0.15) is 19.8 Å². The van der Waals surface area contributed by atoms with E-state index in [2.05, 4.69) is 5.32 Å². The number of nitrogens with one attached hydrogen (secondary N) is 1. The molecule has 0 spiro atoms. The Hall–Kier alpha value is -3.52. The molecule has 0 radical (unpaired) electrons. The van der Waals surface area contributed by atoms with Gasteiger partial charge >= 0.3 is 0 Å². The molecule has 0 aliphatic carbocycles.